The predicted octanol–water partition coefficient (Wildman–Crippen LogP) is 1.01. The van der Waals surface area contributed by atoms with Crippen LogP contribution in [0, 0.1) is 5.92 Å². The monoisotopic (exact) mass is 365 g/mol. The average Bonchev–Trinajstić information content (AvgIpc) is 3.11. The van der Waals surface area contributed by atoms with E-state index in [0.29, 0.717) is 6.54 Å². The number of hydrogen-bond donors (Lipinski definition) is 3. The number of para-hydroxylation sites is 1. The molecule has 0 radical (unpaired) electrons. The van der Waals surface area contributed by atoms with Crippen LogP contribution in [0.5, 0.6) is 0 Å². The van der Waals surface area contributed by atoms with Gasteiger partial charge in [0.1, 0.15) is 0 Å². The maximum atomic E-state index is 11.9. The van der Waals surface area contributed by atoms with Gasteiger partial charge in [0.05, 0.1) is 18.3 Å². The second-order valence-corrected chi connectivity index (χ2v) is 5.84. The minimum Gasteiger partial charge on any atom is -0.350 e. The zero-order valence-corrected chi connectivity index (χ0v) is 15.1. The van der Waals surface area contributed by atoms with E-state index in [4.69, 9.17) is 5.73 Å². The molecule has 8 heteroatoms. The molecule has 0 bridgehead atoms. The van der Waals surface area contributed by atoms with Crippen LogP contribution in [-0.4, -0.2) is 34.2 Å². The molecule has 0 fully saturated rings. The molecule has 0 aliphatic heterocycles. The Labute approximate surface area is 153 Å². The standard InChI is InChI=1S/C17H23N5O2.ClH/c1-12(2)16(18)17(24)20-11-15(23)19-10-13-6-3-4-7-14(13)22-9-5-8-21-22;/h3-9,12,16H,10-11,18H2,1-2H3,(H,19,23)(H,20,24);1H/t16-;/m0./s1. The van der Waals surface area contributed by atoms with Gasteiger partial charge < -0.3 is 16.4 Å². The van der Waals surface area contributed by atoms with Crippen molar-refractivity contribution in [2.24, 2.45) is 11.7 Å². The minimum absolute atomic E-state index is 0. The lowest BCUT2D eigenvalue weighted by Crippen LogP contribution is -2.47. The number of rotatable bonds is 7. The molecule has 0 unspecified atom stereocenters. The van der Waals surface area contributed by atoms with E-state index < -0.39 is 6.04 Å². The summed E-state index contributed by atoms with van der Waals surface area (Å²) in [6.45, 7) is 3.97. The topological polar surface area (TPSA) is 102 Å². The number of halogens is 1. The smallest absolute Gasteiger partial charge is 0.239 e. The van der Waals surface area contributed by atoms with Crippen molar-refractivity contribution in [2.45, 2.75) is 26.4 Å². The van der Waals surface area contributed by atoms with Crippen molar-refractivity contribution >= 4 is 24.2 Å². The molecular formula is C17H24ClN5O2. The maximum Gasteiger partial charge on any atom is 0.239 e. The molecule has 0 saturated heterocycles. The Morgan fingerprint density at radius 2 is 1.92 bits per heavy atom. The van der Waals surface area contributed by atoms with Crippen LogP contribution in [0.2, 0.25) is 0 Å². The van der Waals surface area contributed by atoms with Crippen LogP contribution in [0.25, 0.3) is 5.69 Å². The molecule has 7 nitrogen and oxygen atoms in total. The zero-order chi connectivity index (χ0) is 17.5. The van der Waals surface area contributed by atoms with Crippen LogP contribution < -0.4 is 16.4 Å². The van der Waals surface area contributed by atoms with Gasteiger partial charge in [0.15, 0.2) is 0 Å². The highest BCUT2D eigenvalue weighted by atomic mass is 35.5. The molecule has 25 heavy (non-hydrogen) atoms. The molecule has 0 aliphatic rings. The molecule has 1 aromatic heterocycles. The lowest BCUT2D eigenvalue weighted by Gasteiger charge is -2.15. The van der Waals surface area contributed by atoms with E-state index in [9.17, 15) is 9.59 Å². The summed E-state index contributed by atoms with van der Waals surface area (Å²) in [7, 11) is 0. The van der Waals surface area contributed by atoms with Crippen LogP contribution in [-0.2, 0) is 16.1 Å². The Hall–Kier alpha value is -2.38. The first kappa shape index (κ1) is 20.7. The Balaban J connectivity index is 0.00000312. The van der Waals surface area contributed by atoms with Crippen molar-refractivity contribution in [2.75, 3.05) is 6.54 Å². The number of nitrogens with two attached hydrogens (primary N) is 1. The Bertz CT molecular complexity index is 688. The summed E-state index contributed by atoms with van der Waals surface area (Å²) in [6, 6.07) is 8.89. The second kappa shape index (κ2) is 9.80. The van der Waals surface area contributed by atoms with Crippen molar-refractivity contribution < 1.29 is 9.59 Å². The molecule has 136 valence electrons. The molecule has 0 aliphatic carbocycles. The molecule has 2 aromatic rings. The molecule has 2 amide bonds. The molecule has 4 N–H and O–H groups in total. The summed E-state index contributed by atoms with van der Waals surface area (Å²) in [5, 5.41) is 9.54. The highest BCUT2D eigenvalue weighted by molar-refractivity contribution is 5.87. The first-order chi connectivity index (χ1) is 11.5. The van der Waals surface area contributed by atoms with Crippen molar-refractivity contribution in [1.29, 1.82) is 0 Å². The summed E-state index contributed by atoms with van der Waals surface area (Å²) in [5.74, 6) is -0.569. The van der Waals surface area contributed by atoms with Crippen molar-refractivity contribution in [3.63, 3.8) is 0 Å². The van der Waals surface area contributed by atoms with Crippen LogP contribution >= 0.6 is 12.4 Å². The van der Waals surface area contributed by atoms with E-state index in [2.05, 4.69) is 15.7 Å². The molecule has 2 rings (SSSR count). The van der Waals surface area contributed by atoms with Gasteiger partial charge in [0, 0.05) is 18.9 Å². The van der Waals surface area contributed by atoms with Gasteiger partial charge in [0.2, 0.25) is 11.8 Å². The maximum absolute atomic E-state index is 11.9. The van der Waals surface area contributed by atoms with E-state index in [1.54, 1.807) is 10.9 Å². The fraction of sp³-hybridized carbons (Fsp3) is 0.353. The predicted molar refractivity (Wildman–Crippen MR) is 98.5 cm³/mol. The molecule has 1 aromatic carbocycles. The number of nitrogens with zero attached hydrogens (tertiary/aromatic N) is 2. The fourth-order valence-corrected chi connectivity index (χ4v) is 2.14. The zero-order valence-electron chi connectivity index (χ0n) is 14.3. The summed E-state index contributed by atoms with van der Waals surface area (Å²) < 4.78 is 1.74. The number of hydrogen-bond acceptors (Lipinski definition) is 4. The lowest BCUT2D eigenvalue weighted by molar-refractivity contribution is -0.127. The molecule has 1 atom stereocenters. The Kier molecular flexibility index (Phi) is 8.10. The van der Waals surface area contributed by atoms with Gasteiger partial charge in [0.25, 0.3) is 0 Å². The highest BCUT2D eigenvalue weighted by Crippen LogP contribution is 2.12. The quantitative estimate of drug-likeness (QED) is 0.681. The number of benzene rings is 1. The van der Waals surface area contributed by atoms with Gasteiger partial charge >= 0.3 is 0 Å². The van der Waals surface area contributed by atoms with Crippen molar-refractivity contribution in [3.05, 3.63) is 48.3 Å². The molecule has 0 saturated carbocycles. The third kappa shape index (κ3) is 5.88. The van der Waals surface area contributed by atoms with Crippen molar-refractivity contribution in [3.8, 4) is 5.69 Å². The number of nitrogens with one attached hydrogen (secondary N) is 2. The minimum atomic E-state index is -0.613. The third-order valence-electron chi connectivity index (χ3n) is 3.66. The van der Waals surface area contributed by atoms with Crippen LogP contribution in [0.4, 0.5) is 0 Å². The summed E-state index contributed by atoms with van der Waals surface area (Å²) in [6.07, 6.45) is 3.54. The Morgan fingerprint density at radius 3 is 2.56 bits per heavy atom. The molecular weight excluding hydrogens is 342 g/mol. The van der Waals surface area contributed by atoms with E-state index in [-0.39, 0.29) is 36.7 Å². The highest BCUT2D eigenvalue weighted by Gasteiger charge is 2.17. The first-order valence-electron chi connectivity index (χ1n) is 7.87. The SMILES string of the molecule is CC(C)[C@H](N)C(=O)NCC(=O)NCc1ccccc1-n1cccn1.Cl. The first-order valence-corrected chi connectivity index (χ1v) is 7.87. The van der Waals surface area contributed by atoms with Gasteiger partial charge in [-0.15, -0.1) is 12.4 Å². The van der Waals surface area contributed by atoms with E-state index in [0.717, 1.165) is 11.3 Å². The third-order valence-corrected chi connectivity index (χ3v) is 3.66. The number of amides is 2. The average molecular weight is 366 g/mol. The Morgan fingerprint density at radius 1 is 1.20 bits per heavy atom. The van der Waals surface area contributed by atoms with Gasteiger partial charge in [-0.25, -0.2) is 4.68 Å². The summed E-state index contributed by atoms with van der Waals surface area (Å²) >= 11 is 0. The fourth-order valence-electron chi connectivity index (χ4n) is 2.14. The van der Waals surface area contributed by atoms with Gasteiger partial charge in [-0.2, -0.15) is 5.10 Å². The van der Waals surface area contributed by atoms with E-state index in [1.165, 1.54) is 0 Å². The van der Waals surface area contributed by atoms with E-state index >= 15 is 0 Å². The summed E-state index contributed by atoms with van der Waals surface area (Å²) in [4.78, 5) is 23.7. The molecule has 0 spiro atoms. The molecule has 1 heterocycles. The van der Waals surface area contributed by atoms with Crippen LogP contribution in [0.3, 0.4) is 0 Å². The lowest BCUT2D eigenvalue weighted by atomic mass is 10.1. The summed E-state index contributed by atoms with van der Waals surface area (Å²) in [5.41, 5.74) is 7.56. The number of carbonyl (C=O) groups is 2. The normalized spacial score (nSPS) is 11.5. The number of carbonyl (C=O) groups excluding carboxylic acids is 2. The van der Waals surface area contributed by atoms with Crippen LogP contribution in [0.1, 0.15) is 19.4 Å². The van der Waals surface area contributed by atoms with Crippen molar-refractivity contribution in [1.82, 2.24) is 20.4 Å². The van der Waals surface area contributed by atoms with Crippen LogP contribution in [0.15, 0.2) is 42.7 Å². The largest absolute Gasteiger partial charge is 0.350 e. The van der Waals surface area contributed by atoms with E-state index in [1.807, 2.05) is 50.4 Å². The second-order valence-electron chi connectivity index (χ2n) is 5.84. The van der Waals surface area contributed by atoms with Gasteiger partial charge in [-0.1, -0.05) is 32.0 Å². The van der Waals surface area contributed by atoms with Gasteiger partial charge in [-0.05, 0) is 23.6 Å². The number of aromatic nitrogens is 2. The van der Waals surface area contributed by atoms with Gasteiger partial charge in [-0.3, -0.25) is 9.59 Å².